The minimum atomic E-state index is -0.134. The maximum absolute atomic E-state index is 6.31. The zero-order chi connectivity index (χ0) is 12.5. The number of imidazole rings is 1. The summed E-state index contributed by atoms with van der Waals surface area (Å²) in [6, 6.07) is 8.56. The lowest BCUT2D eigenvalue weighted by molar-refractivity contribution is 0.419. The van der Waals surface area contributed by atoms with E-state index in [0.717, 1.165) is 17.3 Å². The van der Waals surface area contributed by atoms with Gasteiger partial charge >= 0.3 is 0 Å². The Labute approximate surface area is 108 Å². The average molecular weight is 241 g/mol. The van der Waals surface area contributed by atoms with Gasteiger partial charge in [0.2, 0.25) is 0 Å². The summed E-state index contributed by atoms with van der Waals surface area (Å²) >= 11 is 0. The van der Waals surface area contributed by atoms with E-state index < -0.39 is 0 Å². The number of aryl methyl sites for hydroxylation is 1. The van der Waals surface area contributed by atoms with Crippen molar-refractivity contribution in [3.8, 4) is 0 Å². The molecule has 1 aliphatic carbocycles. The molecule has 3 nitrogen and oxygen atoms in total. The van der Waals surface area contributed by atoms with Gasteiger partial charge < -0.3 is 10.3 Å². The van der Waals surface area contributed by atoms with E-state index in [1.807, 2.05) is 17.8 Å². The number of aromatic nitrogens is 2. The van der Waals surface area contributed by atoms with Crippen LogP contribution in [0.3, 0.4) is 0 Å². The Morgan fingerprint density at radius 3 is 2.83 bits per heavy atom. The van der Waals surface area contributed by atoms with Crippen LogP contribution in [-0.4, -0.2) is 9.55 Å². The first kappa shape index (κ1) is 11.5. The summed E-state index contributed by atoms with van der Waals surface area (Å²) < 4.78 is 1.99. The number of nitrogens with zero attached hydrogens (tertiary/aromatic N) is 2. The Morgan fingerprint density at radius 2 is 2.22 bits per heavy atom. The van der Waals surface area contributed by atoms with Crippen molar-refractivity contribution >= 4 is 0 Å². The summed E-state index contributed by atoms with van der Waals surface area (Å²) in [5.74, 6) is 1.67. The van der Waals surface area contributed by atoms with Crippen LogP contribution in [0, 0.1) is 0 Å². The molecular formula is C15H19N3. The lowest BCUT2D eigenvalue weighted by Gasteiger charge is -2.26. The third-order valence-corrected chi connectivity index (χ3v) is 3.98. The third-order valence-electron chi connectivity index (χ3n) is 3.98. The summed E-state index contributed by atoms with van der Waals surface area (Å²) in [5.41, 5.74) is 8.90. The number of nitrogens with two attached hydrogens (primary N) is 1. The minimum Gasteiger partial charge on any atom is -0.336 e. The highest BCUT2D eigenvalue weighted by Gasteiger charge is 2.21. The molecule has 0 radical (unpaired) electrons. The summed E-state index contributed by atoms with van der Waals surface area (Å²) in [5, 5.41) is 0. The van der Waals surface area contributed by atoms with Gasteiger partial charge in [0.15, 0.2) is 0 Å². The predicted octanol–water partition coefficient (Wildman–Crippen LogP) is 2.74. The second-order valence-electron chi connectivity index (χ2n) is 5.17. The van der Waals surface area contributed by atoms with E-state index in [2.05, 4.69) is 29.2 Å². The molecule has 2 N–H and O–H groups in total. The minimum absolute atomic E-state index is 0.134. The van der Waals surface area contributed by atoms with Gasteiger partial charge in [-0.1, -0.05) is 30.7 Å². The van der Waals surface area contributed by atoms with Crippen LogP contribution < -0.4 is 5.73 Å². The molecule has 1 heterocycles. The zero-order valence-electron chi connectivity index (χ0n) is 10.7. The SMILES string of the molecule is Cn1ccnc1C(N)c1cccc(C2CCC2)c1. The fourth-order valence-electron chi connectivity index (χ4n) is 2.57. The largest absolute Gasteiger partial charge is 0.336 e. The molecule has 0 aliphatic heterocycles. The van der Waals surface area contributed by atoms with E-state index in [9.17, 15) is 0 Å². The van der Waals surface area contributed by atoms with Crippen LogP contribution in [0.15, 0.2) is 36.7 Å². The Kier molecular flexibility index (Phi) is 2.92. The van der Waals surface area contributed by atoms with Gasteiger partial charge in [0, 0.05) is 19.4 Å². The molecule has 1 atom stereocenters. The molecule has 1 aromatic heterocycles. The van der Waals surface area contributed by atoms with Crippen LogP contribution in [0.5, 0.6) is 0 Å². The first-order valence-electron chi connectivity index (χ1n) is 6.58. The Balaban J connectivity index is 1.89. The normalized spacial score (nSPS) is 17.4. The van der Waals surface area contributed by atoms with Crippen molar-refractivity contribution in [2.24, 2.45) is 12.8 Å². The molecule has 0 saturated heterocycles. The number of rotatable bonds is 3. The number of hydrogen-bond donors (Lipinski definition) is 1. The first-order chi connectivity index (χ1) is 8.75. The molecule has 2 aromatic rings. The molecule has 1 aliphatic rings. The Morgan fingerprint density at radius 1 is 1.39 bits per heavy atom. The number of benzene rings is 1. The van der Waals surface area contributed by atoms with Crippen LogP contribution in [0.1, 0.15) is 48.2 Å². The van der Waals surface area contributed by atoms with Crippen LogP contribution in [0.2, 0.25) is 0 Å². The topological polar surface area (TPSA) is 43.8 Å². The summed E-state index contributed by atoms with van der Waals surface area (Å²) in [6.07, 6.45) is 7.73. The van der Waals surface area contributed by atoms with Crippen LogP contribution in [-0.2, 0) is 7.05 Å². The van der Waals surface area contributed by atoms with E-state index in [1.165, 1.54) is 24.8 Å². The Bertz CT molecular complexity index is 540. The maximum atomic E-state index is 6.31. The third kappa shape index (κ3) is 1.95. The van der Waals surface area contributed by atoms with E-state index in [0.29, 0.717) is 0 Å². The van der Waals surface area contributed by atoms with Gasteiger partial charge in [-0.05, 0) is 29.9 Å². The molecule has 3 heteroatoms. The van der Waals surface area contributed by atoms with Crippen LogP contribution in [0.4, 0.5) is 0 Å². The van der Waals surface area contributed by atoms with Crippen molar-refractivity contribution in [1.82, 2.24) is 9.55 Å². The fourth-order valence-corrected chi connectivity index (χ4v) is 2.57. The predicted molar refractivity (Wildman–Crippen MR) is 72.3 cm³/mol. The molecule has 1 unspecified atom stereocenters. The van der Waals surface area contributed by atoms with Crippen LogP contribution >= 0.6 is 0 Å². The molecule has 0 bridgehead atoms. The van der Waals surface area contributed by atoms with Crippen LogP contribution in [0.25, 0.3) is 0 Å². The fraction of sp³-hybridized carbons (Fsp3) is 0.400. The van der Waals surface area contributed by atoms with Crippen molar-refractivity contribution in [2.75, 3.05) is 0 Å². The van der Waals surface area contributed by atoms with E-state index >= 15 is 0 Å². The molecule has 0 spiro atoms. The van der Waals surface area contributed by atoms with E-state index in [1.54, 1.807) is 6.20 Å². The van der Waals surface area contributed by atoms with E-state index in [-0.39, 0.29) is 6.04 Å². The average Bonchev–Trinajstić information content (AvgIpc) is 2.73. The molecule has 18 heavy (non-hydrogen) atoms. The molecule has 0 amide bonds. The van der Waals surface area contributed by atoms with Gasteiger partial charge in [-0.25, -0.2) is 4.98 Å². The van der Waals surface area contributed by atoms with Gasteiger partial charge in [0.05, 0.1) is 6.04 Å². The quantitative estimate of drug-likeness (QED) is 0.898. The van der Waals surface area contributed by atoms with Crippen molar-refractivity contribution < 1.29 is 0 Å². The van der Waals surface area contributed by atoms with Gasteiger partial charge in [0.25, 0.3) is 0 Å². The molecule has 3 rings (SSSR count). The lowest BCUT2D eigenvalue weighted by atomic mass is 9.79. The second-order valence-corrected chi connectivity index (χ2v) is 5.17. The monoisotopic (exact) mass is 241 g/mol. The maximum Gasteiger partial charge on any atom is 0.129 e. The van der Waals surface area contributed by atoms with Gasteiger partial charge in [-0.15, -0.1) is 0 Å². The summed E-state index contributed by atoms with van der Waals surface area (Å²) in [6.45, 7) is 0. The van der Waals surface area contributed by atoms with E-state index in [4.69, 9.17) is 5.73 Å². The lowest BCUT2D eigenvalue weighted by Crippen LogP contribution is -2.17. The first-order valence-corrected chi connectivity index (χ1v) is 6.58. The highest BCUT2D eigenvalue weighted by atomic mass is 15.1. The summed E-state index contributed by atoms with van der Waals surface area (Å²) in [4.78, 5) is 4.34. The van der Waals surface area contributed by atoms with Crippen molar-refractivity contribution in [3.63, 3.8) is 0 Å². The Hall–Kier alpha value is -1.61. The second kappa shape index (κ2) is 4.58. The van der Waals surface area contributed by atoms with Crippen molar-refractivity contribution in [2.45, 2.75) is 31.2 Å². The van der Waals surface area contributed by atoms with Gasteiger partial charge in [-0.2, -0.15) is 0 Å². The van der Waals surface area contributed by atoms with Crippen molar-refractivity contribution in [1.29, 1.82) is 0 Å². The number of hydrogen-bond acceptors (Lipinski definition) is 2. The van der Waals surface area contributed by atoms with Gasteiger partial charge in [0.1, 0.15) is 5.82 Å². The van der Waals surface area contributed by atoms with Crippen molar-refractivity contribution in [3.05, 3.63) is 53.6 Å². The summed E-state index contributed by atoms with van der Waals surface area (Å²) in [7, 11) is 1.98. The molecule has 94 valence electrons. The highest BCUT2D eigenvalue weighted by Crippen LogP contribution is 2.37. The van der Waals surface area contributed by atoms with Gasteiger partial charge in [-0.3, -0.25) is 0 Å². The molecular weight excluding hydrogens is 222 g/mol. The molecule has 1 fully saturated rings. The standard InChI is InChI=1S/C15H19N3/c1-18-9-8-17-15(18)14(16)13-7-3-6-12(10-13)11-4-2-5-11/h3,6-11,14H,2,4-5,16H2,1H3. The smallest absolute Gasteiger partial charge is 0.129 e. The zero-order valence-corrected chi connectivity index (χ0v) is 10.7. The molecule has 1 aromatic carbocycles. The highest BCUT2D eigenvalue weighted by molar-refractivity contribution is 5.32. The molecule has 1 saturated carbocycles.